The Hall–Kier alpha value is -1.10. The van der Waals surface area contributed by atoms with Crippen LogP contribution < -0.4 is 5.32 Å². The fourth-order valence-corrected chi connectivity index (χ4v) is 2.59. The standard InChI is InChI=1S/C12H21N3O2/c1-14-6-4-9(7-11(14)16)12(17)15(2)10-3-5-13-8-10/h9-10,13H,3-8H2,1-2H3. The van der Waals surface area contributed by atoms with Crippen molar-refractivity contribution < 1.29 is 9.59 Å². The molecule has 0 spiro atoms. The van der Waals surface area contributed by atoms with Gasteiger partial charge in [-0.2, -0.15) is 0 Å². The predicted molar refractivity (Wildman–Crippen MR) is 64.4 cm³/mol. The first-order valence-electron chi connectivity index (χ1n) is 6.31. The normalized spacial score (nSPS) is 29.5. The number of amides is 2. The monoisotopic (exact) mass is 239 g/mol. The number of nitrogens with zero attached hydrogens (tertiary/aromatic N) is 2. The van der Waals surface area contributed by atoms with Crippen molar-refractivity contribution in [2.24, 2.45) is 5.92 Å². The molecule has 2 unspecified atom stereocenters. The van der Waals surface area contributed by atoms with Crippen LogP contribution in [0.4, 0.5) is 0 Å². The van der Waals surface area contributed by atoms with Gasteiger partial charge in [-0.05, 0) is 19.4 Å². The Labute approximate surface area is 102 Å². The summed E-state index contributed by atoms with van der Waals surface area (Å²) in [6, 6.07) is 0.303. The molecule has 0 saturated carbocycles. The van der Waals surface area contributed by atoms with Gasteiger partial charge in [0, 0.05) is 45.6 Å². The lowest BCUT2D eigenvalue weighted by atomic mass is 9.94. The summed E-state index contributed by atoms with van der Waals surface area (Å²) in [5.74, 6) is 0.122. The molecule has 0 aliphatic carbocycles. The van der Waals surface area contributed by atoms with E-state index in [1.807, 2.05) is 11.9 Å². The average Bonchev–Trinajstić information content (AvgIpc) is 2.84. The van der Waals surface area contributed by atoms with Crippen molar-refractivity contribution in [2.75, 3.05) is 33.7 Å². The number of carbonyl (C=O) groups excluding carboxylic acids is 2. The largest absolute Gasteiger partial charge is 0.346 e. The van der Waals surface area contributed by atoms with Crippen molar-refractivity contribution in [1.29, 1.82) is 0 Å². The maximum Gasteiger partial charge on any atom is 0.226 e. The van der Waals surface area contributed by atoms with Crippen molar-refractivity contribution in [1.82, 2.24) is 15.1 Å². The summed E-state index contributed by atoms with van der Waals surface area (Å²) in [6.45, 7) is 2.56. The molecule has 2 aliphatic rings. The highest BCUT2D eigenvalue weighted by atomic mass is 16.2. The molecule has 2 saturated heterocycles. The molecule has 5 nitrogen and oxygen atoms in total. The number of hydrogen-bond donors (Lipinski definition) is 1. The van der Waals surface area contributed by atoms with Crippen molar-refractivity contribution >= 4 is 11.8 Å². The summed E-state index contributed by atoms with van der Waals surface area (Å²) in [4.78, 5) is 27.4. The maximum absolute atomic E-state index is 12.3. The Balaban J connectivity index is 1.93. The molecule has 2 fully saturated rings. The SMILES string of the molecule is CN1CCC(C(=O)N(C)C2CCNC2)CC1=O. The van der Waals surface area contributed by atoms with E-state index in [4.69, 9.17) is 0 Å². The number of carbonyl (C=O) groups is 2. The van der Waals surface area contributed by atoms with Crippen LogP contribution in [0.5, 0.6) is 0 Å². The Bertz CT molecular complexity index is 313. The number of hydrogen-bond acceptors (Lipinski definition) is 3. The minimum Gasteiger partial charge on any atom is -0.346 e. The second-order valence-electron chi connectivity index (χ2n) is 5.10. The molecule has 1 N–H and O–H groups in total. The molecule has 5 heteroatoms. The third-order valence-electron chi connectivity index (χ3n) is 3.94. The number of piperidine rings is 1. The van der Waals surface area contributed by atoms with Crippen LogP contribution in [-0.2, 0) is 9.59 Å². The van der Waals surface area contributed by atoms with Crippen LogP contribution in [0, 0.1) is 5.92 Å². The van der Waals surface area contributed by atoms with Gasteiger partial charge in [-0.25, -0.2) is 0 Å². The lowest BCUT2D eigenvalue weighted by Crippen LogP contribution is -2.46. The number of rotatable bonds is 2. The molecule has 0 radical (unpaired) electrons. The summed E-state index contributed by atoms with van der Waals surface area (Å²) in [5, 5.41) is 3.26. The summed E-state index contributed by atoms with van der Waals surface area (Å²) in [7, 11) is 3.66. The van der Waals surface area contributed by atoms with Gasteiger partial charge in [0.2, 0.25) is 11.8 Å². The molecule has 2 atom stereocenters. The molecular formula is C12H21N3O2. The van der Waals surface area contributed by atoms with Crippen molar-refractivity contribution in [3.05, 3.63) is 0 Å². The Morgan fingerprint density at radius 1 is 1.47 bits per heavy atom. The zero-order valence-electron chi connectivity index (χ0n) is 10.6. The van der Waals surface area contributed by atoms with E-state index in [9.17, 15) is 9.59 Å². The predicted octanol–water partition coefficient (Wildman–Crippen LogP) is -0.325. The van der Waals surface area contributed by atoms with E-state index >= 15 is 0 Å². The van der Waals surface area contributed by atoms with E-state index in [0.29, 0.717) is 19.0 Å². The van der Waals surface area contributed by atoms with Gasteiger partial charge in [0.1, 0.15) is 0 Å². The Morgan fingerprint density at radius 2 is 2.24 bits per heavy atom. The topological polar surface area (TPSA) is 52.7 Å². The van der Waals surface area contributed by atoms with Crippen LogP contribution >= 0.6 is 0 Å². The highest BCUT2D eigenvalue weighted by molar-refractivity contribution is 5.86. The zero-order chi connectivity index (χ0) is 12.4. The smallest absolute Gasteiger partial charge is 0.226 e. The molecule has 2 aliphatic heterocycles. The minimum atomic E-state index is -0.107. The number of likely N-dealkylation sites (N-methyl/N-ethyl adjacent to an activating group) is 1. The third kappa shape index (κ3) is 2.60. The summed E-state index contributed by atoms with van der Waals surface area (Å²) in [6.07, 6.45) is 2.19. The van der Waals surface area contributed by atoms with Gasteiger partial charge >= 0.3 is 0 Å². The van der Waals surface area contributed by atoms with Crippen molar-refractivity contribution in [3.63, 3.8) is 0 Å². The van der Waals surface area contributed by atoms with Gasteiger partial charge in [0.25, 0.3) is 0 Å². The molecular weight excluding hydrogens is 218 g/mol. The fourth-order valence-electron chi connectivity index (χ4n) is 2.59. The molecule has 0 aromatic rings. The van der Waals surface area contributed by atoms with Crippen LogP contribution in [0.3, 0.4) is 0 Å². The van der Waals surface area contributed by atoms with Gasteiger partial charge in [-0.3, -0.25) is 9.59 Å². The molecule has 0 aromatic carbocycles. The second kappa shape index (κ2) is 5.04. The van der Waals surface area contributed by atoms with Crippen molar-refractivity contribution in [3.8, 4) is 0 Å². The van der Waals surface area contributed by atoms with Crippen LogP contribution in [0.2, 0.25) is 0 Å². The Morgan fingerprint density at radius 3 is 2.82 bits per heavy atom. The fraction of sp³-hybridized carbons (Fsp3) is 0.833. The van der Waals surface area contributed by atoms with Crippen LogP contribution in [0.15, 0.2) is 0 Å². The first kappa shape index (κ1) is 12.4. The quantitative estimate of drug-likeness (QED) is 0.718. The second-order valence-corrected chi connectivity index (χ2v) is 5.10. The van der Waals surface area contributed by atoms with Gasteiger partial charge in [-0.1, -0.05) is 0 Å². The van der Waals surface area contributed by atoms with Crippen LogP contribution in [0.25, 0.3) is 0 Å². The lowest BCUT2D eigenvalue weighted by molar-refractivity contribution is -0.144. The number of nitrogens with one attached hydrogen (secondary N) is 1. The first-order valence-corrected chi connectivity index (χ1v) is 6.31. The highest BCUT2D eigenvalue weighted by Crippen LogP contribution is 2.21. The van der Waals surface area contributed by atoms with E-state index in [2.05, 4.69) is 5.32 Å². The molecule has 2 heterocycles. The third-order valence-corrected chi connectivity index (χ3v) is 3.94. The molecule has 0 aromatic heterocycles. The van der Waals surface area contributed by atoms with E-state index in [1.54, 1.807) is 11.9 Å². The van der Waals surface area contributed by atoms with E-state index in [-0.39, 0.29) is 17.7 Å². The van der Waals surface area contributed by atoms with Crippen LogP contribution in [0.1, 0.15) is 19.3 Å². The molecule has 2 rings (SSSR count). The maximum atomic E-state index is 12.3. The van der Waals surface area contributed by atoms with Gasteiger partial charge in [0.05, 0.1) is 0 Å². The lowest BCUT2D eigenvalue weighted by Gasteiger charge is -2.32. The molecule has 96 valence electrons. The van der Waals surface area contributed by atoms with Gasteiger partial charge in [-0.15, -0.1) is 0 Å². The Kier molecular flexibility index (Phi) is 3.66. The van der Waals surface area contributed by atoms with Gasteiger partial charge < -0.3 is 15.1 Å². The van der Waals surface area contributed by atoms with Crippen LogP contribution in [-0.4, -0.2) is 61.4 Å². The molecule has 2 amide bonds. The van der Waals surface area contributed by atoms with Gasteiger partial charge in [0.15, 0.2) is 0 Å². The number of likely N-dealkylation sites (tertiary alicyclic amines) is 1. The first-order chi connectivity index (χ1) is 8.09. The summed E-state index contributed by atoms with van der Waals surface area (Å²) in [5.41, 5.74) is 0. The summed E-state index contributed by atoms with van der Waals surface area (Å²) >= 11 is 0. The van der Waals surface area contributed by atoms with E-state index < -0.39 is 0 Å². The van der Waals surface area contributed by atoms with E-state index in [1.165, 1.54) is 0 Å². The highest BCUT2D eigenvalue weighted by Gasteiger charge is 2.33. The zero-order valence-corrected chi connectivity index (χ0v) is 10.6. The van der Waals surface area contributed by atoms with Crippen molar-refractivity contribution in [2.45, 2.75) is 25.3 Å². The average molecular weight is 239 g/mol. The molecule has 0 bridgehead atoms. The minimum absolute atomic E-state index is 0.0903. The summed E-state index contributed by atoms with van der Waals surface area (Å²) < 4.78 is 0. The van der Waals surface area contributed by atoms with E-state index in [0.717, 1.165) is 25.9 Å². The molecule has 17 heavy (non-hydrogen) atoms.